The quantitative estimate of drug-likeness (QED) is 0.828. The molecule has 4 nitrogen and oxygen atoms in total. The lowest BCUT2D eigenvalue weighted by Gasteiger charge is -2.03. The number of aliphatic carboxylic acids is 1. The molecule has 0 heterocycles. The Morgan fingerprint density at radius 3 is 2.29 bits per heavy atom. The van der Waals surface area contributed by atoms with Gasteiger partial charge in [-0.25, -0.2) is 0 Å². The molecule has 2 N–H and O–H groups in total. The van der Waals surface area contributed by atoms with Crippen molar-refractivity contribution in [1.29, 1.82) is 0 Å². The average molecular weight is 281 g/mol. The molecule has 2 aromatic carbocycles. The van der Waals surface area contributed by atoms with Crippen LogP contribution in [-0.2, 0) is 16.0 Å². The van der Waals surface area contributed by atoms with Crippen molar-refractivity contribution >= 4 is 23.6 Å². The largest absolute Gasteiger partial charge is 0.481 e. The number of hydrogen-bond acceptors (Lipinski definition) is 2. The molecule has 0 fully saturated rings. The molecular weight excluding hydrogens is 266 g/mol. The van der Waals surface area contributed by atoms with Crippen LogP contribution in [0.1, 0.15) is 11.1 Å². The van der Waals surface area contributed by atoms with Crippen molar-refractivity contribution < 1.29 is 14.7 Å². The summed E-state index contributed by atoms with van der Waals surface area (Å²) in [5, 5.41) is 11.4. The minimum atomic E-state index is -0.877. The van der Waals surface area contributed by atoms with Crippen molar-refractivity contribution in [3.8, 4) is 0 Å². The van der Waals surface area contributed by atoms with Crippen LogP contribution in [0.2, 0.25) is 0 Å². The van der Waals surface area contributed by atoms with Gasteiger partial charge in [0.25, 0.3) is 0 Å². The summed E-state index contributed by atoms with van der Waals surface area (Å²) < 4.78 is 0. The van der Waals surface area contributed by atoms with E-state index in [1.54, 1.807) is 30.3 Å². The first-order valence-electron chi connectivity index (χ1n) is 6.48. The van der Waals surface area contributed by atoms with Crippen molar-refractivity contribution in [1.82, 2.24) is 0 Å². The fourth-order valence-corrected chi connectivity index (χ4v) is 1.80. The van der Waals surface area contributed by atoms with Gasteiger partial charge in [0.15, 0.2) is 0 Å². The first kappa shape index (κ1) is 14.5. The van der Waals surface area contributed by atoms with E-state index in [1.165, 1.54) is 6.08 Å². The molecular formula is C17H15NO3. The van der Waals surface area contributed by atoms with E-state index >= 15 is 0 Å². The van der Waals surface area contributed by atoms with E-state index in [0.717, 1.165) is 5.56 Å². The van der Waals surface area contributed by atoms with E-state index in [9.17, 15) is 9.59 Å². The maximum absolute atomic E-state index is 11.8. The number of carbonyl (C=O) groups is 2. The molecule has 2 rings (SSSR count). The Balaban J connectivity index is 1.93. The first-order valence-corrected chi connectivity index (χ1v) is 6.48. The molecule has 0 unspecified atom stereocenters. The molecule has 0 spiro atoms. The average Bonchev–Trinajstić information content (AvgIpc) is 2.48. The third kappa shape index (κ3) is 4.95. The maximum atomic E-state index is 11.8. The fraction of sp³-hybridized carbons (Fsp3) is 0.0588. The van der Waals surface area contributed by atoms with E-state index in [1.807, 2.05) is 30.3 Å². The molecule has 0 bridgehead atoms. The number of anilines is 1. The minimum absolute atomic E-state index is 0.0257. The smallest absolute Gasteiger partial charge is 0.307 e. The van der Waals surface area contributed by atoms with Crippen molar-refractivity contribution in [2.75, 3.05) is 5.32 Å². The van der Waals surface area contributed by atoms with E-state index in [4.69, 9.17) is 5.11 Å². The number of amides is 1. The van der Waals surface area contributed by atoms with Gasteiger partial charge in [-0.1, -0.05) is 42.5 Å². The van der Waals surface area contributed by atoms with E-state index < -0.39 is 5.97 Å². The minimum Gasteiger partial charge on any atom is -0.481 e. The lowest BCUT2D eigenvalue weighted by molar-refractivity contribution is -0.136. The van der Waals surface area contributed by atoms with Crippen LogP contribution in [0.4, 0.5) is 5.69 Å². The second-order valence-corrected chi connectivity index (χ2v) is 4.50. The monoisotopic (exact) mass is 281 g/mol. The Morgan fingerprint density at radius 2 is 1.67 bits per heavy atom. The summed E-state index contributed by atoms with van der Waals surface area (Å²) in [4.78, 5) is 22.3. The Labute approximate surface area is 122 Å². The standard InChI is InChI=1S/C17H15NO3/c19-16(11-8-13-4-2-1-3-5-13)18-15-9-6-14(7-10-15)12-17(20)21/h1-11H,12H2,(H,18,19)(H,20,21)/b11-8+. The molecule has 0 saturated heterocycles. The van der Waals surface area contributed by atoms with Crippen molar-refractivity contribution in [3.63, 3.8) is 0 Å². The Morgan fingerprint density at radius 1 is 1.00 bits per heavy atom. The summed E-state index contributed by atoms with van der Waals surface area (Å²) in [6.45, 7) is 0. The lowest BCUT2D eigenvalue weighted by atomic mass is 10.1. The van der Waals surface area contributed by atoms with Crippen molar-refractivity contribution in [3.05, 3.63) is 71.8 Å². The molecule has 0 aromatic heterocycles. The molecule has 106 valence electrons. The van der Waals surface area contributed by atoms with E-state index in [0.29, 0.717) is 11.3 Å². The Bertz CT molecular complexity index is 645. The summed E-state index contributed by atoms with van der Waals surface area (Å²) in [5.74, 6) is -1.11. The molecule has 4 heteroatoms. The highest BCUT2D eigenvalue weighted by atomic mass is 16.4. The molecule has 0 radical (unpaired) electrons. The normalized spacial score (nSPS) is 10.5. The third-order valence-electron chi connectivity index (χ3n) is 2.80. The van der Waals surface area contributed by atoms with Crippen LogP contribution in [0.3, 0.4) is 0 Å². The first-order chi connectivity index (χ1) is 10.1. The van der Waals surface area contributed by atoms with Crippen molar-refractivity contribution in [2.24, 2.45) is 0 Å². The predicted molar refractivity (Wildman–Crippen MR) is 81.9 cm³/mol. The zero-order valence-electron chi connectivity index (χ0n) is 11.3. The van der Waals surface area contributed by atoms with Crippen LogP contribution in [-0.4, -0.2) is 17.0 Å². The summed E-state index contributed by atoms with van der Waals surface area (Å²) in [7, 11) is 0. The third-order valence-corrected chi connectivity index (χ3v) is 2.80. The van der Waals surface area contributed by atoms with Gasteiger partial charge in [-0.05, 0) is 29.3 Å². The summed E-state index contributed by atoms with van der Waals surface area (Å²) in [5.41, 5.74) is 2.27. The highest BCUT2D eigenvalue weighted by molar-refractivity contribution is 6.01. The summed E-state index contributed by atoms with van der Waals surface area (Å²) in [6.07, 6.45) is 3.16. The van der Waals surface area contributed by atoms with Gasteiger partial charge in [-0.2, -0.15) is 0 Å². The maximum Gasteiger partial charge on any atom is 0.307 e. The molecule has 2 aromatic rings. The molecule has 1 amide bonds. The lowest BCUT2D eigenvalue weighted by Crippen LogP contribution is -2.08. The summed E-state index contributed by atoms with van der Waals surface area (Å²) in [6, 6.07) is 16.3. The molecule has 0 aliphatic heterocycles. The number of benzene rings is 2. The Hall–Kier alpha value is -2.88. The number of nitrogens with one attached hydrogen (secondary N) is 1. The van der Waals surface area contributed by atoms with Crippen LogP contribution < -0.4 is 5.32 Å². The van der Waals surface area contributed by atoms with Gasteiger partial charge < -0.3 is 10.4 Å². The van der Waals surface area contributed by atoms with Crippen LogP contribution in [0.5, 0.6) is 0 Å². The highest BCUT2D eigenvalue weighted by Gasteiger charge is 2.01. The topological polar surface area (TPSA) is 66.4 Å². The van der Waals surface area contributed by atoms with Gasteiger partial charge in [0.05, 0.1) is 6.42 Å². The zero-order valence-corrected chi connectivity index (χ0v) is 11.3. The molecule has 0 aliphatic carbocycles. The molecule has 21 heavy (non-hydrogen) atoms. The van der Waals surface area contributed by atoms with Gasteiger partial charge in [0, 0.05) is 11.8 Å². The van der Waals surface area contributed by atoms with Crippen LogP contribution >= 0.6 is 0 Å². The SMILES string of the molecule is O=C(O)Cc1ccc(NC(=O)/C=C/c2ccccc2)cc1. The number of carbonyl (C=O) groups excluding carboxylic acids is 1. The van der Waals surface area contributed by atoms with Gasteiger partial charge in [-0.15, -0.1) is 0 Å². The van der Waals surface area contributed by atoms with E-state index in [2.05, 4.69) is 5.32 Å². The van der Waals surface area contributed by atoms with E-state index in [-0.39, 0.29) is 12.3 Å². The Kier molecular flexibility index (Phi) is 4.88. The molecule has 0 atom stereocenters. The second kappa shape index (κ2) is 7.05. The van der Waals surface area contributed by atoms with Gasteiger partial charge >= 0.3 is 5.97 Å². The van der Waals surface area contributed by atoms with Crippen molar-refractivity contribution in [2.45, 2.75) is 6.42 Å². The fourth-order valence-electron chi connectivity index (χ4n) is 1.80. The second-order valence-electron chi connectivity index (χ2n) is 4.50. The van der Waals surface area contributed by atoms with Crippen LogP contribution in [0.15, 0.2) is 60.7 Å². The highest BCUT2D eigenvalue weighted by Crippen LogP contribution is 2.10. The van der Waals surface area contributed by atoms with Gasteiger partial charge in [0.2, 0.25) is 5.91 Å². The van der Waals surface area contributed by atoms with Crippen LogP contribution in [0.25, 0.3) is 6.08 Å². The van der Waals surface area contributed by atoms with Gasteiger partial charge in [0.1, 0.15) is 0 Å². The number of carboxylic acid groups (broad SMARTS) is 1. The number of carboxylic acids is 1. The number of rotatable bonds is 5. The van der Waals surface area contributed by atoms with Crippen LogP contribution in [0, 0.1) is 0 Å². The zero-order chi connectivity index (χ0) is 15.1. The molecule has 0 saturated carbocycles. The predicted octanol–water partition coefficient (Wildman–Crippen LogP) is 2.97. The molecule has 0 aliphatic rings. The van der Waals surface area contributed by atoms with Gasteiger partial charge in [-0.3, -0.25) is 9.59 Å². The number of hydrogen-bond donors (Lipinski definition) is 2. The summed E-state index contributed by atoms with van der Waals surface area (Å²) >= 11 is 0.